The third-order valence-electron chi connectivity index (χ3n) is 6.71. The summed E-state index contributed by atoms with van der Waals surface area (Å²) >= 11 is 0. The Bertz CT molecular complexity index is 1160. The minimum absolute atomic E-state index is 0.103. The van der Waals surface area contributed by atoms with Gasteiger partial charge in [-0.3, -0.25) is 13.9 Å². The quantitative estimate of drug-likeness (QED) is 0.411. The molecule has 0 bridgehead atoms. The summed E-state index contributed by atoms with van der Waals surface area (Å²) in [5.41, 5.74) is 1.15. The SMILES string of the molecule is CCOc1ccc(N(CC(=O)N(Cc2ccc(OC)cc2)[C@H](CC)C(=O)NC2CCCC2)S(C)(=O)=O)cc1. The van der Waals surface area contributed by atoms with E-state index >= 15 is 0 Å². The summed E-state index contributed by atoms with van der Waals surface area (Å²) in [6.07, 6.45) is 5.45. The fourth-order valence-corrected chi connectivity index (χ4v) is 5.55. The third-order valence-corrected chi connectivity index (χ3v) is 7.85. The Morgan fingerprint density at radius 2 is 1.61 bits per heavy atom. The van der Waals surface area contributed by atoms with Crippen LogP contribution < -0.4 is 19.1 Å². The van der Waals surface area contributed by atoms with Crippen molar-refractivity contribution in [3.8, 4) is 11.5 Å². The molecule has 0 unspecified atom stereocenters. The van der Waals surface area contributed by atoms with Gasteiger partial charge in [-0.15, -0.1) is 0 Å². The lowest BCUT2D eigenvalue weighted by molar-refractivity contribution is -0.140. The highest BCUT2D eigenvalue weighted by Crippen LogP contribution is 2.24. The maximum atomic E-state index is 13.8. The van der Waals surface area contributed by atoms with Crippen LogP contribution in [0.4, 0.5) is 5.69 Å². The van der Waals surface area contributed by atoms with E-state index in [9.17, 15) is 18.0 Å². The van der Waals surface area contributed by atoms with E-state index in [-0.39, 0.29) is 18.5 Å². The van der Waals surface area contributed by atoms with Crippen LogP contribution in [0.3, 0.4) is 0 Å². The first-order valence-electron chi connectivity index (χ1n) is 13.1. The average molecular weight is 546 g/mol. The van der Waals surface area contributed by atoms with Crippen molar-refractivity contribution < 1.29 is 27.5 Å². The molecule has 2 aromatic rings. The van der Waals surface area contributed by atoms with Gasteiger partial charge in [-0.05, 0) is 68.1 Å². The zero-order valence-corrected chi connectivity index (χ0v) is 23.5. The van der Waals surface area contributed by atoms with Crippen LogP contribution in [-0.2, 0) is 26.2 Å². The Labute approximate surface area is 226 Å². The van der Waals surface area contributed by atoms with Crippen molar-refractivity contribution in [3.63, 3.8) is 0 Å². The van der Waals surface area contributed by atoms with E-state index in [0.29, 0.717) is 30.2 Å². The highest BCUT2D eigenvalue weighted by Gasteiger charge is 2.33. The molecule has 9 nitrogen and oxygen atoms in total. The molecule has 2 amide bonds. The fraction of sp³-hybridized carbons (Fsp3) is 0.500. The first-order chi connectivity index (χ1) is 18.2. The van der Waals surface area contributed by atoms with Gasteiger partial charge in [0.25, 0.3) is 0 Å². The summed E-state index contributed by atoms with van der Waals surface area (Å²) < 4.78 is 37.3. The number of carbonyl (C=O) groups is 2. The number of sulfonamides is 1. The smallest absolute Gasteiger partial charge is 0.244 e. The van der Waals surface area contributed by atoms with Crippen LogP contribution in [0.5, 0.6) is 11.5 Å². The number of hydrogen-bond donors (Lipinski definition) is 1. The van der Waals surface area contributed by atoms with Crippen molar-refractivity contribution in [2.24, 2.45) is 0 Å². The number of nitrogens with one attached hydrogen (secondary N) is 1. The Morgan fingerprint density at radius 1 is 1.00 bits per heavy atom. The monoisotopic (exact) mass is 545 g/mol. The molecule has 1 aliphatic rings. The van der Waals surface area contributed by atoms with E-state index in [1.165, 1.54) is 4.90 Å². The van der Waals surface area contributed by atoms with Crippen LogP contribution in [0, 0.1) is 0 Å². The molecule has 1 fully saturated rings. The lowest BCUT2D eigenvalue weighted by Crippen LogP contribution is -2.53. The topological polar surface area (TPSA) is 105 Å². The van der Waals surface area contributed by atoms with E-state index in [0.717, 1.165) is 41.8 Å². The molecule has 0 saturated heterocycles. The fourth-order valence-electron chi connectivity index (χ4n) is 4.70. The number of methoxy groups -OCH3 is 1. The summed E-state index contributed by atoms with van der Waals surface area (Å²) in [6, 6.07) is 13.2. The lowest BCUT2D eigenvalue weighted by atomic mass is 10.1. The van der Waals surface area contributed by atoms with E-state index in [1.807, 2.05) is 26.0 Å². The van der Waals surface area contributed by atoms with Crippen LogP contribution in [0.2, 0.25) is 0 Å². The molecule has 3 rings (SSSR count). The van der Waals surface area contributed by atoms with Gasteiger partial charge in [0.1, 0.15) is 24.1 Å². The largest absolute Gasteiger partial charge is 0.497 e. The molecule has 1 N–H and O–H groups in total. The van der Waals surface area contributed by atoms with Crippen LogP contribution in [0.25, 0.3) is 0 Å². The molecule has 38 heavy (non-hydrogen) atoms. The molecule has 2 aromatic carbocycles. The molecule has 0 aromatic heterocycles. The molecule has 208 valence electrons. The molecule has 0 aliphatic heterocycles. The number of hydrogen-bond acceptors (Lipinski definition) is 6. The van der Waals surface area contributed by atoms with Crippen molar-refractivity contribution in [1.29, 1.82) is 0 Å². The molecule has 0 heterocycles. The highest BCUT2D eigenvalue weighted by molar-refractivity contribution is 7.92. The zero-order valence-electron chi connectivity index (χ0n) is 22.7. The van der Waals surface area contributed by atoms with E-state index in [4.69, 9.17) is 9.47 Å². The molecule has 0 spiro atoms. The normalized spacial score (nSPS) is 14.5. The molecular weight excluding hydrogens is 506 g/mol. The van der Waals surface area contributed by atoms with Gasteiger partial charge in [0.2, 0.25) is 21.8 Å². The number of carbonyl (C=O) groups excluding carboxylic acids is 2. The number of nitrogens with zero attached hydrogens (tertiary/aromatic N) is 2. The summed E-state index contributed by atoms with van der Waals surface area (Å²) in [4.78, 5) is 28.6. The third kappa shape index (κ3) is 7.86. The van der Waals surface area contributed by atoms with Crippen LogP contribution in [0.15, 0.2) is 48.5 Å². The van der Waals surface area contributed by atoms with Gasteiger partial charge in [-0.1, -0.05) is 31.9 Å². The van der Waals surface area contributed by atoms with Gasteiger partial charge in [0.15, 0.2) is 0 Å². The van der Waals surface area contributed by atoms with Crippen molar-refractivity contribution in [2.75, 3.05) is 30.8 Å². The molecular formula is C28H39N3O6S. The Kier molecular flexibility index (Phi) is 10.4. The average Bonchev–Trinajstić information content (AvgIpc) is 3.40. The second-order valence-electron chi connectivity index (χ2n) is 9.48. The van der Waals surface area contributed by atoms with Crippen molar-refractivity contribution in [2.45, 2.75) is 64.6 Å². The predicted molar refractivity (Wildman–Crippen MR) is 148 cm³/mol. The number of benzene rings is 2. The first kappa shape index (κ1) is 29.3. The van der Waals surface area contributed by atoms with E-state index < -0.39 is 28.5 Å². The zero-order chi connectivity index (χ0) is 27.7. The number of anilines is 1. The molecule has 10 heteroatoms. The van der Waals surface area contributed by atoms with Crippen LogP contribution in [0.1, 0.15) is 51.5 Å². The van der Waals surface area contributed by atoms with E-state index in [1.54, 1.807) is 43.5 Å². The van der Waals surface area contributed by atoms with Gasteiger partial charge in [0, 0.05) is 12.6 Å². The number of amides is 2. The molecule has 1 saturated carbocycles. The first-order valence-corrected chi connectivity index (χ1v) is 14.9. The Morgan fingerprint density at radius 3 is 2.13 bits per heavy atom. The summed E-state index contributed by atoms with van der Waals surface area (Å²) in [7, 11) is -2.22. The van der Waals surface area contributed by atoms with Crippen LogP contribution >= 0.6 is 0 Å². The van der Waals surface area contributed by atoms with Crippen molar-refractivity contribution >= 4 is 27.5 Å². The van der Waals surface area contributed by atoms with Crippen molar-refractivity contribution in [1.82, 2.24) is 10.2 Å². The van der Waals surface area contributed by atoms with E-state index in [2.05, 4.69) is 5.32 Å². The van der Waals surface area contributed by atoms with Gasteiger partial charge in [0.05, 0.1) is 25.7 Å². The standard InChI is InChI=1S/C28H39N3O6S/c1-5-26(28(33)29-22-9-7-8-10-22)30(19-21-11-15-24(36-3)16-12-21)27(32)20-31(38(4,34)35)23-13-17-25(18-14-23)37-6-2/h11-18,22,26H,5-10,19-20H2,1-4H3,(H,29,33)/t26-/m1/s1. The predicted octanol–water partition coefficient (Wildman–Crippen LogP) is 3.73. The summed E-state index contributed by atoms with van der Waals surface area (Å²) in [6.45, 7) is 3.92. The van der Waals surface area contributed by atoms with Gasteiger partial charge in [-0.2, -0.15) is 0 Å². The van der Waals surface area contributed by atoms with Gasteiger partial charge >= 0.3 is 0 Å². The van der Waals surface area contributed by atoms with Gasteiger partial charge in [-0.25, -0.2) is 8.42 Å². The lowest BCUT2D eigenvalue weighted by Gasteiger charge is -2.33. The molecule has 1 atom stereocenters. The summed E-state index contributed by atoms with van der Waals surface area (Å²) in [5.74, 6) is 0.602. The second-order valence-corrected chi connectivity index (χ2v) is 11.4. The number of ether oxygens (including phenoxy) is 2. The second kappa shape index (κ2) is 13.5. The highest BCUT2D eigenvalue weighted by atomic mass is 32.2. The minimum Gasteiger partial charge on any atom is -0.497 e. The van der Waals surface area contributed by atoms with Gasteiger partial charge < -0.3 is 19.7 Å². The van der Waals surface area contributed by atoms with Crippen LogP contribution in [-0.4, -0.2) is 63.7 Å². The van der Waals surface area contributed by atoms with Crippen molar-refractivity contribution in [3.05, 3.63) is 54.1 Å². The minimum atomic E-state index is -3.80. The Hall–Kier alpha value is -3.27. The maximum Gasteiger partial charge on any atom is 0.244 e. The number of rotatable bonds is 13. The Balaban J connectivity index is 1.90. The maximum absolute atomic E-state index is 13.8. The molecule has 0 radical (unpaired) electrons. The summed E-state index contributed by atoms with van der Waals surface area (Å²) in [5, 5.41) is 3.10. The molecule has 1 aliphatic carbocycles.